The number of benzene rings is 2. The van der Waals surface area contributed by atoms with E-state index in [1.807, 2.05) is 0 Å². The number of hydrogen-bond donors (Lipinski definition) is 3. The number of anilines is 1. The molecule has 194 valence electrons. The van der Waals surface area contributed by atoms with Gasteiger partial charge in [0.05, 0.1) is 52.5 Å². The van der Waals surface area contributed by atoms with Gasteiger partial charge in [-0.25, -0.2) is 5.48 Å². The molecular weight excluding hydrogens is 476 g/mol. The van der Waals surface area contributed by atoms with Crippen molar-refractivity contribution in [2.24, 2.45) is 5.92 Å². The van der Waals surface area contributed by atoms with Crippen molar-refractivity contribution < 1.29 is 48.4 Å². The Hall–Kier alpha value is -4.19. The van der Waals surface area contributed by atoms with Gasteiger partial charge in [0.1, 0.15) is 6.61 Å². The highest BCUT2D eigenvalue weighted by Gasteiger charge is 2.50. The molecule has 2 amide bonds. The van der Waals surface area contributed by atoms with E-state index in [4.69, 9.17) is 28.9 Å². The number of nitrogens with zero attached hydrogens (tertiary/aromatic N) is 1. The molecule has 0 aliphatic carbocycles. The number of ether oxygens (including phenoxy) is 5. The Morgan fingerprint density at radius 1 is 0.944 bits per heavy atom. The number of hydroxylamine groups is 1. The molecule has 2 aromatic carbocycles. The smallest absolute Gasteiger partial charge is 0.306 e. The first-order valence-electron chi connectivity index (χ1n) is 10.9. The van der Waals surface area contributed by atoms with Crippen LogP contribution in [-0.2, 0) is 19.1 Å². The number of amides is 2. The Kier molecular flexibility index (Phi) is 8.43. The summed E-state index contributed by atoms with van der Waals surface area (Å²) in [6, 6.07) is 7.35. The summed E-state index contributed by atoms with van der Waals surface area (Å²) in [6.07, 6.45) is -0.529. The minimum Gasteiger partial charge on any atom is -0.504 e. The Balaban J connectivity index is 1.93. The predicted molar refractivity (Wildman–Crippen MR) is 125 cm³/mol. The number of methoxy groups -OCH3 is 4. The summed E-state index contributed by atoms with van der Waals surface area (Å²) in [6.45, 7) is -0.253. The summed E-state index contributed by atoms with van der Waals surface area (Å²) >= 11 is 0. The van der Waals surface area contributed by atoms with Crippen molar-refractivity contribution in [3.63, 3.8) is 0 Å². The lowest BCUT2D eigenvalue weighted by Crippen LogP contribution is -2.57. The number of carbonyl (C=O) groups is 3. The van der Waals surface area contributed by atoms with Gasteiger partial charge in [0.25, 0.3) is 0 Å². The molecule has 3 rings (SSSR count). The maximum Gasteiger partial charge on any atom is 0.306 e. The summed E-state index contributed by atoms with van der Waals surface area (Å²) in [7, 11) is 5.80. The predicted octanol–water partition coefficient (Wildman–Crippen LogP) is 1.96. The van der Waals surface area contributed by atoms with E-state index in [0.717, 1.165) is 0 Å². The Labute approximate surface area is 207 Å². The van der Waals surface area contributed by atoms with Crippen LogP contribution in [0.25, 0.3) is 0 Å². The molecule has 12 nitrogen and oxygen atoms in total. The van der Waals surface area contributed by atoms with Gasteiger partial charge in [0, 0.05) is 18.6 Å². The number of β-lactam (4-membered cyclic amide) rings is 1. The van der Waals surface area contributed by atoms with E-state index in [0.29, 0.717) is 28.5 Å². The molecular formula is C24H28N2O10. The summed E-state index contributed by atoms with van der Waals surface area (Å²) in [4.78, 5) is 38.0. The fourth-order valence-electron chi connectivity index (χ4n) is 4.00. The minimum absolute atomic E-state index is 0.120. The third-order valence-corrected chi connectivity index (χ3v) is 5.79. The Bertz CT molecular complexity index is 1110. The van der Waals surface area contributed by atoms with Crippen LogP contribution in [0.1, 0.15) is 24.4 Å². The van der Waals surface area contributed by atoms with Gasteiger partial charge in [0.15, 0.2) is 23.0 Å². The Morgan fingerprint density at radius 2 is 1.58 bits per heavy atom. The van der Waals surface area contributed by atoms with Crippen LogP contribution >= 0.6 is 0 Å². The second kappa shape index (κ2) is 11.5. The first-order chi connectivity index (χ1) is 17.3. The first kappa shape index (κ1) is 26.4. The standard InChI is InChI=1S/C24H28N2O10/c1-32-17-6-5-13(9-16(17)27)22-15(12-36-21(29)8-7-20(28)25-31)24(30)26(22)14-10-18(33-2)23(35-4)19(11-14)34-3/h5-6,9-11,15,22,27,31H,7-8,12H2,1-4H3,(H,25,28)/t15-,22-/m0/s1. The zero-order valence-electron chi connectivity index (χ0n) is 20.3. The number of hydrogen-bond acceptors (Lipinski definition) is 10. The molecule has 0 radical (unpaired) electrons. The van der Waals surface area contributed by atoms with E-state index in [1.54, 1.807) is 24.3 Å². The lowest BCUT2D eigenvalue weighted by atomic mass is 9.82. The molecule has 1 fully saturated rings. The van der Waals surface area contributed by atoms with Gasteiger partial charge in [-0.3, -0.25) is 19.6 Å². The molecule has 0 spiro atoms. The molecule has 0 unspecified atom stereocenters. The number of rotatable bonds is 11. The summed E-state index contributed by atoms with van der Waals surface area (Å²) < 4.78 is 26.5. The molecule has 0 saturated carbocycles. The molecule has 12 heteroatoms. The molecule has 2 aromatic rings. The van der Waals surface area contributed by atoms with Crippen LogP contribution in [0.2, 0.25) is 0 Å². The lowest BCUT2D eigenvalue weighted by Gasteiger charge is -2.47. The van der Waals surface area contributed by atoms with Gasteiger partial charge in [0.2, 0.25) is 17.6 Å². The second-order valence-corrected chi connectivity index (χ2v) is 7.79. The van der Waals surface area contributed by atoms with Crippen LogP contribution in [0.3, 0.4) is 0 Å². The van der Waals surface area contributed by atoms with E-state index in [2.05, 4.69) is 0 Å². The molecule has 1 aliphatic heterocycles. The monoisotopic (exact) mass is 504 g/mol. The molecule has 2 atom stereocenters. The van der Waals surface area contributed by atoms with E-state index in [-0.39, 0.29) is 36.9 Å². The highest BCUT2D eigenvalue weighted by atomic mass is 16.5. The molecule has 1 aliphatic rings. The van der Waals surface area contributed by atoms with Gasteiger partial charge < -0.3 is 33.7 Å². The van der Waals surface area contributed by atoms with Gasteiger partial charge in [-0.2, -0.15) is 0 Å². The quantitative estimate of drug-likeness (QED) is 0.179. The fraction of sp³-hybridized carbons (Fsp3) is 0.375. The molecule has 0 bridgehead atoms. The van der Waals surface area contributed by atoms with Crippen molar-refractivity contribution >= 4 is 23.5 Å². The topological polar surface area (TPSA) is 153 Å². The average molecular weight is 504 g/mol. The molecule has 1 heterocycles. The minimum atomic E-state index is -0.771. The number of nitrogens with one attached hydrogen (secondary N) is 1. The van der Waals surface area contributed by atoms with E-state index in [9.17, 15) is 19.5 Å². The van der Waals surface area contributed by atoms with Crippen LogP contribution in [0, 0.1) is 5.92 Å². The summed E-state index contributed by atoms with van der Waals surface area (Å²) in [5.41, 5.74) is 2.45. The number of carbonyl (C=O) groups excluding carboxylic acids is 3. The van der Waals surface area contributed by atoms with Crippen molar-refractivity contribution in [3.8, 4) is 28.7 Å². The van der Waals surface area contributed by atoms with Crippen molar-refractivity contribution in [2.45, 2.75) is 18.9 Å². The number of phenolic OH excluding ortho intramolecular Hbond substituents is 1. The maximum atomic E-state index is 13.3. The normalized spacial score (nSPS) is 16.6. The molecule has 3 N–H and O–H groups in total. The van der Waals surface area contributed by atoms with Crippen LogP contribution in [0.5, 0.6) is 28.7 Å². The second-order valence-electron chi connectivity index (χ2n) is 7.79. The van der Waals surface area contributed by atoms with Crippen molar-refractivity contribution in [1.82, 2.24) is 5.48 Å². The van der Waals surface area contributed by atoms with Crippen LogP contribution in [0.15, 0.2) is 30.3 Å². The average Bonchev–Trinajstić information content (AvgIpc) is 2.89. The van der Waals surface area contributed by atoms with E-state index >= 15 is 0 Å². The Morgan fingerprint density at radius 3 is 2.11 bits per heavy atom. The SMILES string of the molecule is COc1ccc([C@H]2[C@H](COC(=O)CCC(=O)NO)C(=O)N2c2cc(OC)c(OC)c(OC)c2)cc1O. The van der Waals surface area contributed by atoms with Gasteiger partial charge in [-0.05, 0) is 17.7 Å². The maximum absolute atomic E-state index is 13.3. The highest BCUT2D eigenvalue weighted by molar-refractivity contribution is 6.04. The van der Waals surface area contributed by atoms with E-state index in [1.165, 1.54) is 44.9 Å². The zero-order valence-corrected chi connectivity index (χ0v) is 20.3. The summed E-state index contributed by atoms with van der Waals surface area (Å²) in [5, 5.41) is 18.9. The number of aromatic hydroxyl groups is 1. The first-order valence-corrected chi connectivity index (χ1v) is 10.9. The van der Waals surface area contributed by atoms with Gasteiger partial charge in [-0.15, -0.1) is 0 Å². The zero-order chi connectivity index (χ0) is 26.4. The van der Waals surface area contributed by atoms with Gasteiger partial charge >= 0.3 is 5.97 Å². The lowest BCUT2D eigenvalue weighted by molar-refractivity contribution is -0.150. The number of esters is 1. The third kappa shape index (κ3) is 5.23. The third-order valence-electron chi connectivity index (χ3n) is 5.79. The molecule has 0 aromatic heterocycles. The molecule has 36 heavy (non-hydrogen) atoms. The van der Waals surface area contributed by atoms with Crippen molar-refractivity contribution in [1.29, 1.82) is 0 Å². The largest absolute Gasteiger partial charge is 0.504 e. The number of phenols is 1. The van der Waals surface area contributed by atoms with Crippen LogP contribution in [-0.4, -0.2) is 63.1 Å². The van der Waals surface area contributed by atoms with Crippen LogP contribution in [0.4, 0.5) is 5.69 Å². The molecule has 1 saturated heterocycles. The van der Waals surface area contributed by atoms with Gasteiger partial charge in [-0.1, -0.05) is 6.07 Å². The fourth-order valence-corrected chi connectivity index (χ4v) is 4.00. The van der Waals surface area contributed by atoms with Crippen molar-refractivity contribution in [2.75, 3.05) is 39.9 Å². The highest BCUT2D eigenvalue weighted by Crippen LogP contribution is 2.49. The van der Waals surface area contributed by atoms with E-state index < -0.39 is 23.8 Å². The summed E-state index contributed by atoms with van der Waals surface area (Å²) in [5.74, 6) is -1.37. The van der Waals surface area contributed by atoms with Crippen molar-refractivity contribution in [3.05, 3.63) is 35.9 Å². The van der Waals surface area contributed by atoms with Crippen LogP contribution < -0.4 is 29.3 Å².